The Kier molecular flexibility index (Phi) is 4.45. The summed E-state index contributed by atoms with van der Waals surface area (Å²) in [4.78, 5) is 0. The van der Waals surface area contributed by atoms with Crippen molar-refractivity contribution < 1.29 is 0 Å². The van der Waals surface area contributed by atoms with E-state index in [1.165, 1.54) is 19.3 Å². The molecule has 2 aromatic heterocycles. The second-order valence-electron chi connectivity index (χ2n) is 6.40. The molecule has 0 aliphatic carbocycles. The molecule has 130 valence electrons. The maximum Gasteiger partial charge on any atom is 0.164 e. The van der Waals surface area contributed by atoms with Crippen LogP contribution < -0.4 is 5.32 Å². The molecular formula is C18H23N7. The summed E-state index contributed by atoms with van der Waals surface area (Å²) in [6.07, 6.45) is 6.66. The maximum atomic E-state index is 4.44. The molecule has 0 radical (unpaired) electrons. The highest BCUT2D eigenvalue weighted by molar-refractivity contribution is 5.62. The van der Waals surface area contributed by atoms with Crippen LogP contribution in [0.5, 0.6) is 0 Å². The van der Waals surface area contributed by atoms with Crippen LogP contribution >= 0.6 is 0 Å². The van der Waals surface area contributed by atoms with Gasteiger partial charge in [0.15, 0.2) is 5.82 Å². The minimum atomic E-state index is 0.654. The van der Waals surface area contributed by atoms with Crippen LogP contribution in [0.15, 0.2) is 30.5 Å². The van der Waals surface area contributed by atoms with Crippen LogP contribution in [0, 0.1) is 0 Å². The summed E-state index contributed by atoms with van der Waals surface area (Å²) < 4.78 is 4.11. The number of rotatable bonds is 5. The van der Waals surface area contributed by atoms with Crippen molar-refractivity contribution in [3.05, 3.63) is 42.0 Å². The number of anilines is 1. The van der Waals surface area contributed by atoms with Crippen molar-refractivity contribution >= 4 is 5.69 Å². The van der Waals surface area contributed by atoms with Crippen molar-refractivity contribution in [2.75, 3.05) is 5.32 Å². The van der Waals surface area contributed by atoms with Gasteiger partial charge in [-0.1, -0.05) is 23.8 Å². The first-order valence-corrected chi connectivity index (χ1v) is 8.99. The first kappa shape index (κ1) is 15.8. The molecule has 1 N–H and O–H groups in total. The highest BCUT2D eigenvalue weighted by atomic mass is 15.4. The fraction of sp³-hybridized carbons (Fsp3) is 0.444. The van der Waals surface area contributed by atoms with Gasteiger partial charge in [-0.15, -0.1) is 15.3 Å². The smallest absolute Gasteiger partial charge is 0.164 e. The van der Waals surface area contributed by atoms with E-state index in [9.17, 15) is 0 Å². The molecule has 1 aromatic carbocycles. The van der Waals surface area contributed by atoms with Crippen LogP contribution in [-0.2, 0) is 26.1 Å². The Labute approximate surface area is 147 Å². The SMILES string of the molecule is CCn1cc(CNc2cccc(-c3nnc4n3CCCCC4)c2)nn1. The Balaban J connectivity index is 1.52. The number of benzene rings is 1. The summed E-state index contributed by atoms with van der Waals surface area (Å²) in [6.45, 7) is 4.55. The average molecular weight is 337 g/mol. The Bertz CT molecular complexity index is 849. The third kappa shape index (κ3) is 3.40. The van der Waals surface area contributed by atoms with Crippen LogP contribution in [0.25, 0.3) is 11.4 Å². The molecule has 0 amide bonds. The van der Waals surface area contributed by atoms with Gasteiger partial charge in [0, 0.05) is 30.8 Å². The molecule has 1 aliphatic rings. The molecule has 0 saturated carbocycles. The van der Waals surface area contributed by atoms with Crippen LogP contribution in [0.3, 0.4) is 0 Å². The minimum Gasteiger partial charge on any atom is -0.379 e. The Morgan fingerprint density at radius 3 is 2.96 bits per heavy atom. The number of nitrogens with zero attached hydrogens (tertiary/aromatic N) is 6. The van der Waals surface area contributed by atoms with E-state index in [0.717, 1.165) is 48.1 Å². The number of aryl methyl sites for hydroxylation is 2. The van der Waals surface area contributed by atoms with E-state index in [2.05, 4.69) is 61.6 Å². The van der Waals surface area contributed by atoms with Gasteiger partial charge in [0.05, 0.1) is 12.7 Å². The third-order valence-corrected chi connectivity index (χ3v) is 4.61. The van der Waals surface area contributed by atoms with Gasteiger partial charge in [-0.2, -0.15) is 0 Å². The van der Waals surface area contributed by atoms with Gasteiger partial charge in [-0.05, 0) is 31.9 Å². The van der Waals surface area contributed by atoms with E-state index >= 15 is 0 Å². The molecule has 0 fully saturated rings. The van der Waals surface area contributed by atoms with E-state index in [1.54, 1.807) is 0 Å². The van der Waals surface area contributed by atoms with Gasteiger partial charge in [-0.25, -0.2) is 0 Å². The number of nitrogens with one attached hydrogen (secondary N) is 1. The normalized spacial score (nSPS) is 14.1. The number of fused-ring (bicyclic) bond motifs is 1. The van der Waals surface area contributed by atoms with E-state index < -0.39 is 0 Å². The van der Waals surface area contributed by atoms with Crippen LogP contribution in [0.2, 0.25) is 0 Å². The van der Waals surface area contributed by atoms with Crippen molar-refractivity contribution in [3.63, 3.8) is 0 Å². The van der Waals surface area contributed by atoms with Crippen molar-refractivity contribution in [3.8, 4) is 11.4 Å². The van der Waals surface area contributed by atoms with E-state index in [1.807, 2.05) is 10.9 Å². The van der Waals surface area contributed by atoms with Crippen LogP contribution in [0.4, 0.5) is 5.69 Å². The molecule has 7 heteroatoms. The van der Waals surface area contributed by atoms with Crippen molar-refractivity contribution in [1.29, 1.82) is 0 Å². The highest BCUT2D eigenvalue weighted by Gasteiger charge is 2.16. The van der Waals surface area contributed by atoms with Crippen LogP contribution in [0.1, 0.15) is 37.7 Å². The highest BCUT2D eigenvalue weighted by Crippen LogP contribution is 2.25. The molecule has 7 nitrogen and oxygen atoms in total. The first-order valence-electron chi connectivity index (χ1n) is 8.99. The molecule has 0 bridgehead atoms. The van der Waals surface area contributed by atoms with Gasteiger partial charge in [0.25, 0.3) is 0 Å². The minimum absolute atomic E-state index is 0.654. The van der Waals surface area contributed by atoms with Gasteiger partial charge in [-0.3, -0.25) is 4.68 Å². The first-order chi connectivity index (χ1) is 12.3. The molecule has 4 rings (SSSR count). The molecule has 25 heavy (non-hydrogen) atoms. The quantitative estimate of drug-likeness (QED) is 0.775. The second-order valence-corrected chi connectivity index (χ2v) is 6.40. The Morgan fingerprint density at radius 1 is 1.12 bits per heavy atom. The molecule has 0 spiro atoms. The van der Waals surface area contributed by atoms with Gasteiger partial charge in [0.2, 0.25) is 0 Å². The largest absolute Gasteiger partial charge is 0.379 e. The summed E-state index contributed by atoms with van der Waals surface area (Å²) in [5, 5.41) is 20.5. The summed E-state index contributed by atoms with van der Waals surface area (Å²) >= 11 is 0. The van der Waals surface area contributed by atoms with Gasteiger partial charge < -0.3 is 9.88 Å². The monoisotopic (exact) mass is 337 g/mol. The molecular weight excluding hydrogens is 314 g/mol. The maximum absolute atomic E-state index is 4.44. The average Bonchev–Trinajstić information content (AvgIpc) is 3.21. The molecule has 0 unspecified atom stereocenters. The molecule has 3 aromatic rings. The van der Waals surface area contributed by atoms with Gasteiger partial charge >= 0.3 is 0 Å². The topological polar surface area (TPSA) is 73.5 Å². The predicted molar refractivity (Wildman–Crippen MR) is 96.0 cm³/mol. The third-order valence-electron chi connectivity index (χ3n) is 4.61. The van der Waals surface area contributed by atoms with Crippen molar-refractivity contribution in [2.45, 2.75) is 52.2 Å². The Morgan fingerprint density at radius 2 is 2.08 bits per heavy atom. The van der Waals surface area contributed by atoms with Crippen molar-refractivity contribution in [2.24, 2.45) is 0 Å². The lowest BCUT2D eigenvalue weighted by Crippen LogP contribution is -2.04. The summed E-state index contributed by atoms with van der Waals surface area (Å²) in [6, 6.07) is 8.35. The lowest BCUT2D eigenvalue weighted by Gasteiger charge is -2.09. The van der Waals surface area contributed by atoms with E-state index in [0.29, 0.717) is 6.54 Å². The Hall–Kier alpha value is -2.70. The number of aromatic nitrogens is 6. The predicted octanol–water partition coefficient (Wildman–Crippen LogP) is 2.90. The standard InChI is InChI=1S/C18H23N7/c1-2-24-13-16(20-23-24)12-19-15-8-6-7-14(11-15)18-22-21-17-9-4-3-5-10-25(17)18/h6-8,11,13,19H,2-5,9-10,12H2,1H3. The van der Waals surface area contributed by atoms with Crippen LogP contribution in [-0.4, -0.2) is 29.8 Å². The fourth-order valence-corrected chi connectivity index (χ4v) is 3.23. The molecule has 0 atom stereocenters. The number of hydrogen-bond acceptors (Lipinski definition) is 5. The zero-order valence-corrected chi connectivity index (χ0v) is 14.5. The summed E-state index contributed by atoms with van der Waals surface area (Å²) in [7, 11) is 0. The van der Waals surface area contributed by atoms with Gasteiger partial charge in [0.1, 0.15) is 11.5 Å². The van der Waals surface area contributed by atoms with Crippen molar-refractivity contribution in [1.82, 2.24) is 29.8 Å². The lowest BCUT2D eigenvalue weighted by molar-refractivity contribution is 0.626. The molecule has 0 saturated heterocycles. The summed E-state index contributed by atoms with van der Waals surface area (Å²) in [5.74, 6) is 2.08. The summed E-state index contributed by atoms with van der Waals surface area (Å²) in [5.41, 5.74) is 3.08. The number of hydrogen-bond donors (Lipinski definition) is 1. The second kappa shape index (κ2) is 7.04. The van der Waals surface area contributed by atoms with E-state index in [4.69, 9.17) is 0 Å². The van der Waals surface area contributed by atoms with E-state index in [-0.39, 0.29) is 0 Å². The zero-order chi connectivity index (χ0) is 17.1. The zero-order valence-electron chi connectivity index (χ0n) is 14.5. The fourth-order valence-electron chi connectivity index (χ4n) is 3.23. The molecule has 1 aliphatic heterocycles. The lowest BCUT2D eigenvalue weighted by atomic mass is 10.2. The molecule has 3 heterocycles.